The molecule has 0 spiro atoms. The van der Waals surface area contributed by atoms with Crippen molar-refractivity contribution in [3.63, 3.8) is 0 Å². The predicted molar refractivity (Wildman–Crippen MR) is 325 cm³/mol. The van der Waals surface area contributed by atoms with Crippen LogP contribution in [0, 0.1) is 0 Å². The first-order chi connectivity index (χ1) is 38.2. The minimum atomic E-state index is -4.77. The molecule has 450 valence electrons. The maximum absolute atomic E-state index is 12.9. The molecule has 0 rings (SSSR count). The van der Waals surface area contributed by atoms with Crippen LogP contribution in [0.3, 0.4) is 0 Å². The SMILES string of the molecule is CC/C=C\C/C=C\C/C=C\C/C=C\C/C=C\C/C=C\CCC(=O)OC(COC(=O)CCCCCCCCCCC/C=C\CCCCCCCC)COP(=O)(O)OCC(CO)OC(=O)CCCCCCCCCCCCCCC. The Balaban J connectivity index is 4.80. The van der Waals surface area contributed by atoms with Crippen LogP contribution < -0.4 is 0 Å². The van der Waals surface area contributed by atoms with Crippen LogP contribution in [0.1, 0.15) is 278 Å². The highest BCUT2D eigenvalue weighted by Crippen LogP contribution is 2.43. The summed E-state index contributed by atoms with van der Waals surface area (Å²) in [5.41, 5.74) is 0. The molecule has 11 nitrogen and oxygen atoms in total. The summed E-state index contributed by atoms with van der Waals surface area (Å²) in [4.78, 5) is 48.6. The Morgan fingerprint density at radius 3 is 1.10 bits per heavy atom. The smallest absolute Gasteiger partial charge is 0.462 e. The summed E-state index contributed by atoms with van der Waals surface area (Å²) in [5, 5.41) is 9.83. The third-order valence-electron chi connectivity index (χ3n) is 13.3. The molecule has 0 saturated carbocycles. The van der Waals surface area contributed by atoms with E-state index in [2.05, 4.69) is 93.7 Å². The zero-order chi connectivity index (χ0) is 56.9. The zero-order valence-electron chi connectivity index (χ0n) is 49.9. The summed E-state index contributed by atoms with van der Waals surface area (Å²) < 4.78 is 39.5. The molecule has 0 aliphatic heterocycles. The van der Waals surface area contributed by atoms with Crippen LogP contribution in [0.5, 0.6) is 0 Å². The molecule has 12 heteroatoms. The van der Waals surface area contributed by atoms with Crippen molar-refractivity contribution in [1.82, 2.24) is 0 Å². The third-order valence-corrected chi connectivity index (χ3v) is 14.3. The standard InChI is InChI=1S/C66H115O11P/c1-4-7-10-13-16-19-22-25-27-29-31-33-35-38-40-43-46-49-52-55-64(68)73-59-63(77-66(70)57-54-51-48-45-42-39-36-34-32-30-28-26-23-20-17-14-11-8-5-2)61-75-78(71,72)74-60-62(58-67)76-65(69)56-53-50-47-44-41-37-24-21-18-15-12-9-6-3/h8,11,17,20,25-28,32,34,39,42,48,51,62-63,67H,4-7,9-10,12-16,18-19,21-24,29-31,33,35-38,40-41,43-47,49-50,52-61H2,1-3H3,(H,71,72)/b11-8-,20-17-,27-25-,28-26-,34-32-,42-39-,51-48-. The largest absolute Gasteiger partial charge is 0.472 e. The van der Waals surface area contributed by atoms with E-state index in [1.807, 2.05) is 12.2 Å². The van der Waals surface area contributed by atoms with E-state index in [0.29, 0.717) is 25.7 Å². The Bertz CT molecular complexity index is 1630. The van der Waals surface area contributed by atoms with E-state index in [0.717, 1.165) is 70.6 Å². The summed E-state index contributed by atoms with van der Waals surface area (Å²) in [6.45, 7) is 4.47. The van der Waals surface area contributed by atoms with Gasteiger partial charge in [0.1, 0.15) is 12.7 Å². The molecular formula is C66H115O11P. The lowest BCUT2D eigenvalue weighted by molar-refractivity contribution is -0.161. The lowest BCUT2D eigenvalue weighted by atomic mass is 10.0. The van der Waals surface area contributed by atoms with Crippen LogP contribution in [-0.4, -0.2) is 66.5 Å². The lowest BCUT2D eigenvalue weighted by Crippen LogP contribution is -2.30. The number of rotatable bonds is 58. The fraction of sp³-hybridized carbons (Fsp3) is 0.742. The van der Waals surface area contributed by atoms with Crippen LogP contribution in [0.25, 0.3) is 0 Å². The molecule has 3 atom stereocenters. The van der Waals surface area contributed by atoms with Gasteiger partial charge < -0.3 is 24.2 Å². The van der Waals surface area contributed by atoms with Crippen LogP contribution in [-0.2, 0) is 42.2 Å². The van der Waals surface area contributed by atoms with Gasteiger partial charge in [0, 0.05) is 19.3 Å². The highest BCUT2D eigenvalue weighted by atomic mass is 31.2. The van der Waals surface area contributed by atoms with Gasteiger partial charge in [0.25, 0.3) is 0 Å². The van der Waals surface area contributed by atoms with Gasteiger partial charge in [-0.25, -0.2) is 4.57 Å². The number of unbranched alkanes of at least 4 members (excludes halogenated alkanes) is 27. The molecule has 0 aliphatic rings. The van der Waals surface area contributed by atoms with Gasteiger partial charge >= 0.3 is 25.7 Å². The Morgan fingerprint density at radius 2 is 0.692 bits per heavy atom. The van der Waals surface area contributed by atoms with Crippen molar-refractivity contribution in [3.05, 3.63) is 85.1 Å². The number of carbonyl (C=O) groups excluding carboxylic acids is 3. The van der Waals surface area contributed by atoms with Gasteiger partial charge in [0.15, 0.2) is 6.10 Å². The molecule has 0 bridgehead atoms. The number of carbonyl (C=O) groups is 3. The zero-order valence-corrected chi connectivity index (χ0v) is 50.8. The van der Waals surface area contributed by atoms with Gasteiger partial charge in [0.05, 0.1) is 19.8 Å². The Kier molecular flexibility index (Phi) is 57.2. The number of aliphatic hydroxyl groups excluding tert-OH is 1. The van der Waals surface area contributed by atoms with E-state index in [1.54, 1.807) is 0 Å². The van der Waals surface area contributed by atoms with E-state index in [1.165, 1.54) is 141 Å². The molecule has 0 aromatic carbocycles. The monoisotopic (exact) mass is 1110 g/mol. The van der Waals surface area contributed by atoms with E-state index >= 15 is 0 Å². The summed E-state index contributed by atoms with van der Waals surface area (Å²) >= 11 is 0. The van der Waals surface area contributed by atoms with E-state index in [9.17, 15) is 28.9 Å². The topological polar surface area (TPSA) is 155 Å². The second kappa shape index (κ2) is 59.8. The molecule has 2 N–H and O–H groups in total. The normalized spacial score (nSPS) is 13.9. The van der Waals surface area contributed by atoms with Crippen LogP contribution in [0.2, 0.25) is 0 Å². The summed E-state index contributed by atoms with van der Waals surface area (Å²) in [5.74, 6) is -1.56. The fourth-order valence-corrected chi connectivity index (χ4v) is 9.34. The van der Waals surface area contributed by atoms with Crippen molar-refractivity contribution >= 4 is 25.7 Å². The number of phosphoric acid groups is 1. The van der Waals surface area contributed by atoms with Crippen molar-refractivity contribution in [2.75, 3.05) is 26.4 Å². The van der Waals surface area contributed by atoms with Crippen molar-refractivity contribution < 1.29 is 52.2 Å². The van der Waals surface area contributed by atoms with Crippen LogP contribution >= 0.6 is 7.82 Å². The third kappa shape index (κ3) is 57.3. The lowest BCUT2D eigenvalue weighted by Gasteiger charge is -2.21. The molecule has 0 heterocycles. The molecule has 0 aromatic heterocycles. The Morgan fingerprint density at radius 1 is 0.372 bits per heavy atom. The van der Waals surface area contributed by atoms with Crippen molar-refractivity contribution in [2.24, 2.45) is 0 Å². The maximum Gasteiger partial charge on any atom is 0.472 e. The minimum Gasteiger partial charge on any atom is -0.462 e. The highest BCUT2D eigenvalue weighted by molar-refractivity contribution is 7.47. The van der Waals surface area contributed by atoms with Crippen LogP contribution in [0.4, 0.5) is 0 Å². The minimum absolute atomic E-state index is 0.0411. The van der Waals surface area contributed by atoms with E-state index < -0.39 is 57.8 Å². The number of ether oxygens (including phenoxy) is 3. The first-order valence-electron chi connectivity index (χ1n) is 31.5. The summed E-state index contributed by atoms with van der Waals surface area (Å²) in [6, 6.07) is 0. The first kappa shape index (κ1) is 74.7. The second-order valence-corrected chi connectivity index (χ2v) is 22.3. The number of hydrogen-bond acceptors (Lipinski definition) is 10. The average molecular weight is 1120 g/mol. The van der Waals surface area contributed by atoms with Gasteiger partial charge in [-0.05, 0) is 83.5 Å². The molecular weight excluding hydrogens is 1000 g/mol. The van der Waals surface area contributed by atoms with Gasteiger partial charge in [-0.1, -0.05) is 260 Å². The fourth-order valence-electron chi connectivity index (χ4n) is 8.55. The number of aliphatic hydroxyl groups is 1. The van der Waals surface area contributed by atoms with Crippen molar-refractivity contribution in [1.29, 1.82) is 0 Å². The van der Waals surface area contributed by atoms with Crippen molar-refractivity contribution in [2.45, 2.75) is 290 Å². The molecule has 0 saturated heterocycles. The molecule has 0 fully saturated rings. The number of hydrogen-bond donors (Lipinski definition) is 2. The molecule has 3 unspecified atom stereocenters. The molecule has 0 aromatic rings. The van der Waals surface area contributed by atoms with Gasteiger partial charge in [0.2, 0.25) is 0 Å². The first-order valence-corrected chi connectivity index (χ1v) is 33.0. The number of phosphoric ester groups is 1. The Labute approximate surface area is 477 Å². The van der Waals surface area contributed by atoms with Gasteiger partial charge in [-0.3, -0.25) is 23.4 Å². The van der Waals surface area contributed by atoms with E-state index in [4.69, 9.17) is 23.3 Å². The summed E-state index contributed by atoms with van der Waals surface area (Å²) in [6.07, 6.45) is 69.8. The average Bonchev–Trinajstić information content (AvgIpc) is 3.43. The molecule has 0 amide bonds. The maximum atomic E-state index is 12.9. The molecule has 0 aliphatic carbocycles. The Hall–Kier alpha value is -3.34. The number of esters is 3. The second-order valence-electron chi connectivity index (χ2n) is 20.8. The highest BCUT2D eigenvalue weighted by Gasteiger charge is 2.28. The van der Waals surface area contributed by atoms with Gasteiger partial charge in [-0.15, -0.1) is 0 Å². The summed E-state index contributed by atoms with van der Waals surface area (Å²) in [7, 11) is -4.77. The quantitative estimate of drug-likeness (QED) is 0.0197. The predicted octanol–water partition coefficient (Wildman–Crippen LogP) is 19.0. The number of allylic oxidation sites excluding steroid dienone is 14. The van der Waals surface area contributed by atoms with Crippen molar-refractivity contribution in [3.8, 4) is 0 Å². The van der Waals surface area contributed by atoms with Crippen LogP contribution in [0.15, 0.2) is 85.1 Å². The molecule has 0 radical (unpaired) electrons. The van der Waals surface area contributed by atoms with Gasteiger partial charge in [-0.2, -0.15) is 0 Å². The van der Waals surface area contributed by atoms with E-state index in [-0.39, 0.29) is 25.9 Å². The molecule has 78 heavy (non-hydrogen) atoms.